The Bertz CT molecular complexity index is 1190. The number of halogens is 1. The minimum atomic E-state index is -0.857. The highest BCUT2D eigenvalue weighted by Gasteiger charge is 2.25. The molecule has 0 aliphatic carbocycles. The van der Waals surface area contributed by atoms with Crippen LogP contribution in [0.1, 0.15) is 35.2 Å². The summed E-state index contributed by atoms with van der Waals surface area (Å²) in [6.07, 6.45) is 1.76. The monoisotopic (exact) mass is 476 g/mol. The summed E-state index contributed by atoms with van der Waals surface area (Å²) >= 11 is 6.23. The summed E-state index contributed by atoms with van der Waals surface area (Å²) in [7, 11) is 1.59. The van der Waals surface area contributed by atoms with E-state index < -0.39 is 17.9 Å². The van der Waals surface area contributed by atoms with Gasteiger partial charge in [-0.2, -0.15) is 5.26 Å². The van der Waals surface area contributed by atoms with Crippen molar-refractivity contribution in [3.8, 4) is 23.1 Å². The Morgan fingerprint density at radius 2 is 1.85 bits per heavy atom. The maximum Gasteiger partial charge on any atom is 0.253 e. The van der Waals surface area contributed by atoms with Gasteiger partial charge in [0.2, 0.25) is 5.91 Å². The first-order valence-electron chi connectivity index (χ1n) is 10.7. The third-order valence-corrected chi connectivity index (χ3v) is 5.73. The average Bonchev–Trinajstić information content (AvgIpc) is 2.87. The SMILES string of the molecule is COc1ccccc1[C@@H](C)C[C@H](NC(=O)c1ccc(-c2ccccc2Cl)nc1)C(=O)NCC#N. The molecule has 0 aliphatic rings. The minimum absolute atomic E-state index is 0.102. The van der Waals surface area contributed by atoms with Crippen molar-refractivity contribution in [1.82, 2.24) is 15.6 Å². The standard InChI is InChI=1S/C26H25ClN4O3/c1-17(19-7-4-6-10-24(19)34-2)15-23(26(33)29-14-13-28)31-25(32)18-11-12-22(30-16-18)20-8-3-5-9-21(20)27/h3-12,16-17,23H,14-15H2,1-2H3,(H,29,33)(H,31,32)/t17-,23-/m0/s1. The van der Waals surface area contributed by atoms with Crippen LogP contribution in [-0.4, -0.2) is 36.5 Å². The highest BCUT2D eigenvalue weighted by Crippen LogP contribution is 2.29. The number of amides is 2. The van der Waals surface area contributed by atoms with Gasteiger partial charge in [0.15, 0.2) is 0 Å². The number of benzene rings is 2. The zero-order valence-corrected chi connectivity index (χ0v) is 19.7. The Hall–Kier alpha value is -3.89. The van der Waals surface area contributed by atoms with Crippen LogP contribution in [0.4, 0.5) is 0 Å². The van der Waals surface area contributed by atoms with E-state index in [0.29, 0.717) is 28.5 Å². The molecule has 34 heavy (non-hydrogen) atoms. The highest BCUT2D eigenvalue weighted by atomic mass is 35.5. The molecule has 7 nitrogen and oxygen atoms in total. The number of methoxy groups -OCH3 is 1. The number of nitriles is 1. The molecule has 2 N–H and O–H groups in total. The van der Waals surface area contributed by atoms with Gasteiger partial charge < -0.3 is 15.4 Å². The first-order valence-corrected chi connectivity index (χ1v) is 11.1. The zero-order chi connectivity index (χ0) is 24.5. The summed E-state index contributed by atoms with van der Waals surface area (Å²) < 4.78 is 5.43. The molecule has 0 saturated carbocycles. The molecule has 3 rings (SSSR count). The van der Waals surface area contributed by atoms with Crippen LogP contribution in [0.5, 0.6) is 5.75 Å². The molecule has 2 aromatic carbocycles. The summed E-state index contributed by atoms with van der Waals surface area (Å²) in [4.78, 5) is 30.0. The first-order chi connectivity index (χ1) is 16.4. The second-order valence-electron chi connectivity index (χ2n) is 7.69. The molecule has 174 valence electrons. The summed E-state index contributed by atoms with van der Waals surface area (Å²) in [5.41, 5.74) is 2.62. The van der Waals surface area contributed by atoms with Crippen LogP contribution in [0.25, 0.3) is 11.3 Å². The van der Waals surface area contributed by atoms with Crippen molar-refractivity contribution in [1.29, 1.82) is 5.26 Å². The molecule has 3 aromatic rings. The van der Waals surface area contributed by atoms with Gasteiger partial charge in [-0.15, -0.1) is 0 Å². The molecule has 0 spiro atoms. The van der Waals surface area contributed by atoms with Gasteiger partial charge in [0.25, 0.3) is 5.91 Å². The number of rotatable bonds is 9. The summed E-state index contributed by atoms with van der Waals surface area (Å²) in [6, 6.07) is 19.2. The largest absolute Gasteiger partial charge is 0.496 e. The predicted molar refractivity (Wildman–Crippen MR) is 131 cm³/mol. The van der Waals surface area contributed by atoms with Crippen LogP contribution in [0.3, 0.4) is 0 Å². The van der Waals surface area contributed by atoms with Gasteiger partial charge in [-0.1, -0.05) is 54.9 Å². The molecule has 1 heterocycles. The van der Waals surface area contributed by atoms with Crippen LogP contribution in [0, 0.1) is 11.3 Å². The van der Waals surface area contributed by atoms with Crippen molar-refractivity contribution < 1.29 is 14.3 Å². The van der Waals surface area contributed by atoms with Crippen LogP contribution in [0.2, 0.25) is 5.02 Å². The van der Waals surface area contributed by atoms with E-state index in [1.165, 1.54) is 6.20 Å². The molecular formula is C26H25ClN4O3. The maximum absolute atomic E-state index is 12.9. The first kappa shape index (κ1) is 24.7. The lowest BCUT2D eigenvalue weighted by atomic mass is 9.92. The number of aromatic nitrogens is 1. The third kappa shape index (κ3) is 6.12. The second-order valence-corrected chi connectivity index (χ2v) is 8.10. The van der Waals surface area contributed by atoms with Crippen molar-refractivity contribution in [2.24, 2.45) is 0 Å². The predicted octanol–water partition coefficient (Wildman–Crippen LogP) is 4.34. The number of ether oxygens (including phenoxy) is 1. The van der Waals surface area contributed by atoms with E-state index in [1.807, 2.05) is 55.5 Å². The van der Waals surface area contributed by atoms with E-state index in [2.05, 4.69) is 15.6 Å². The van der Waals surface area contributed by atoms with Crippen molar-refractivity contribution in [3.63, 3.8) is 0 Å². The van der Waals surface area contributed by atoms with Crippen molar-refractivity contribution in [2.75, 3.05) is 13.7 Å². The normalized spacial score (nSPS) is 12.2. The fourth-order valence-electron chi connectivity index (χ4n) is 3.63. The van der Waals surface area contributed by atoms with E-state index in [1.54, 1.807) is 25.3 Å². The van der Waals surface area contributed by atoms with Crippen molar-refractivity contribution in [2.45, 2.75) is 25.3 Å². The molecule has 0 radical (unpaired) electrons. The Labute approximate surface area is 203 Å². The summed E-state index contributed by atoms with van der Waals surface area (Å²) in [6.45, 7) is 1.80. The fraction of sp³-hybridized carbons (Fsp3) is 0.231. The minimum Gasteiger partial charge on any atom is -0.496 e. The van der Waals surface area contributed by atoms with Crippen LogP contribution in [-0.2, 0) is 4.79 Å². The third-order valence-electron chi connectivity index (χ3n) is 5.40. The van der Waals surface area contributed by atoms with E-state index >= 15 is 0 Å². The molecule has 0 saturated heterocycles. The Kier molecular flexibility index (Phi) is 8.60. The molecule has 2 amide bonds. The van der Waals surface area contributed by atoms with Crippen molar-refractivity contribution in [3.05, 3.63) is 83.0 Å². The van der Waals surface area contributed by atoms with Crippen LogP contribution >= 0.6 is 11.6 Å². The smallest absolute Gasteiger partial charge is 0.253 e. The van der Waals surface area contributed by atoms with E-state index in [-0.39, 0.29) is 12.5 Å². The number of nitrogens with zero attached hydrogens (tertiary/aromatic N) is 2. The van der Waals surface area contributed by atoms with Gasteiger partial charge >= 0.3 is 0 Å². The fourth-order valence-corrected chi connectivity index (χ4v) is 3.87. The molecular weight excluding hydrogens is 452 g/mol. The van der Waals surface area contributed by atoms with Gasteiger partial charge in [-0.05, 0) is 42.2 Å². The molecule has 8 heteroatoms. The van der Waals surface area contributed by atoms with Gasteiger partial charge in [-0.3, -0.25) is 14.6 Å². The van der Waals surface area contributed by atoms with Crippen LogP contribution < -0.4 is 15.4 Å². The van der Waals surface area contributed by atoms with Gasteiger partial charge in [-0.25, -0.2) is 0 Å². The Morgan fingerprint density at radius 3 is 2.53 bits per heavy atom. The number of para-hydroxylation sites is 1. The molecule has 0 bridgehead atoms. The number of carbonyl (C=O) groups excluding carboxylic acids is 2. The van der Waals surface area contributed by atoms with E-state index in [4.69, 9.17) is 21.6 Å². The van der Waals surface area contributed by atoms with Crippen LogP contribution in [0.15, 0.2) is 66.9 Å². The molecule has 1 aromatic heterocycles. The van der Waals surface area contributed by atoms with Gasteiger partial charge in [0.1, 0.15) is 18.3 Å². The lowest BCUT2D eigenvalue weighted by Crippen LogP contribution is -2.47. The molecule has 2 atom stereocenters. The topological polar surface area (TPSA) is 104 Å². The highest BCUT2D eigenvalue weighted by molar-refractivity contribution is 6.33. The lowest BCUT2D eigenvalue weighted by Gasteiger charge is -2.23. The van der Waals surface area contributed by atoms with Gasteiger partial charge in [0.05, 0.1) is 24.4 Å². The lowest BCUT2D eigenvalue weighted by molar-refractivity contribution is -0.123. The second kappa shape index (κ2) is 11.8. The Morgan fingerprint density at radius 1 is 1.12 bits per heavy atom. The number of pyridine rings is 1. The number of hydrogen-bond donors (Lipinski definition) is 2. The Balaban J connectivity index is 1.77. The molecule has 0 aliphatic heterocycles. The molecule has 0 unspecified atom stereocenters. The number of hydrogen-bond acceptors (Lipinski definition) is 5. The van der Waals surface area contributed by atoms with Gasteiger partial charge in [0, 0.05) is 16.8 Å². The quantitative estimate of drug-likeness (QED) is 0.447. The van der Waals surface area contributed by atoms with Crippen molar-refractivity contribution >= 4 is 23.4 Å². The summed E-state index contributed by atoms with van der Waals surface area (Å²) in [5, 5.41) is 14.7. The maximum atomic E-state index is 12.9. The summed E-state index contributed by atoms with van der Waals surface area (Å²) in [5.74, 6) is -0.272. The molecule has 0 fully saturated rings. The zero-order valence-electron chi connectivity index (χ0n) is 18.9. The van der Waals surface area contributed by atoms with E-state index in [9.17, 15) is 9.59 Å². The van der Waals surface area contributed by atoms with E-state index in [0.717, 1.165) is 11.1 Å². The number of nitrogens with one attached hydrogen (secondary N) is 2. The average molecular weight is 477 g/mol. The number of carbonyl (C=O) groups is 2.